The standard InChI is InChI=1S/C16H18N2O2S/c19-16(20-10-12-4-2-1-3-5-12)18-15-8-14(9-15)17-13-6-7-21-11-13/h1-7,11,14-15,17H,8-10H2,(H,18,19). The fraction of sp³-hybridized carbons (Fsp3) is 0.312. The highest BCUT2D eigenvalue weighted by Gasteiger charge is 2.30. The molecule has 0 bridgehead atoms. The Hall–Kier alpha value is -2.01. The van der Waals surface area contributed by atoms with Crippen LogP contribution in [0.4, 0.5) is 10.5 Å². The lowest BCUT2D eigenvalue weighted by molar-refractivity contribution is 0.129. The first-order valence-corrected chi connectivity index (χ1v) is 8.00. The van der Waals surface area contributed by atoms with Crippen LogP contribution in [0.25, 0.3) is 0 Å². The smallest absolute Gasteiger partial charge is 0.407 e. The number of thiophene rings is 1. The summed E-state index contributed by atoms with van der Waals surface area (Å²) in [5.74, 6) is 0. The molecule has 1 fully saturated rings. The number of hydrogen-bond donors (Lipinski definition) is 2. The zero-order valence-corrected chi connectivity index (χ0v) is 12.4. The summed E-state index contributed by atoms with van der Waals surface area (Å²) in [5.41, 5.74) is 2.16. The third-order valence-corrected chi connectivity index (χ3v) is 4.25. The van der Waals surface area contributed by atoms with Gasteiger partial charge < -0.3 is 15.4 Å². The maximum absolute atomic E-state index is 11.7. The maximum atomic E-state index is 11.7. The summed E-state index contributed by atoms with van der Waals surface area (Å²) in [6, 6.07) is 12.4. The van der Waals surface area contributed by atoms with Crippen LogP contribution in [0, 0.1) is 0 Å². The van der Waals surface area contributed by atoms with Gasteiger partial charge in [-0.05, 0) is 29.9 Å². The van der Waals surface area contributed by atoms with Crippen molar-refractivity contribution in [1.29, 1.82) is 0 Å². The van der Waals surface area contributed by atoms with E-state index in [1.54, 1.807) is 11.3 Å². The second-order valence-corrected chi connectivity index (χ2v) is 6.01. The molecule has 0 atom stereocenters. The van der Waals surface area contributed by atoms with E-state index < -0.39 is 0 Å². The topological polar surface area (TPSA) is 50.4 Å². The van der Waals surface area contributed by atoms with E-state index in [1.807, 2.05) is 30.3 Å². The summed E-state index contributed by atoms with van der Waals surface area (Å²) in [7, 11) is 0. The molecule has 0 radical (unpaired) electrons. The molecule has 1 heterocycles. The lowest BCUT2D eigenvalue weighted by Crippen LogP contribution is -2.49. The van der Waals surface area contributed by atoms with Crippen LogP contribution in [-0.4, -0.2) is 18.2 Å². The van der Waals surface area contributed by atoms with Crippen molar-refractivity contribution in [2.45, 2.75) is 31.5 Å². The van der Waals surface area contributed by atoms with Gasteiger partial charge in [0, 0.05) is 23.2 Å². The zero-order chi connectivity index (χ0) is 14.5. The van der Waals surface area contributed by atoms with Crippen LogP contribution >= 0.6 is 11.3 Å². The van der Waals surface area contributed by atoms with Gasteiger partial charge in [-0.3, -0.25) is 0 Å². The van der Waals surface area contributed by atoms with Gasteiger partial charge in [-0.25, -0.2) is 4.79 Å². The molecular formula is C16H18N2O2S. The van der Waals surface area contributed by atoms with Crippen molar-refractivity contribution < 1.29 is 9.53 Å². The molecule has 110 valence electrons. The van der Waals surface area contributed by atoms with Crippen molar-refractivity contribution in [3.05, 3.63) is 52.7 Å². The number of benzene rings is 1. The van der Waals surface area contributed by atoms with E-state index in [9.17, 15) is 4.79 Å². The van der Waals surface area contributed by atoms with E-state index in [1.165, 1.54) is 0 Å². The van der Waals surface area contributed by atoms with Crippen LogP contribution in [0.5, 0.6) is 0 Å². The number of anilines is 1. The average Bonchev–Trinajstić information content (AvgIpc) is 2.97. The molecule has 1 aliphatic carbocycles. The van der Waals surface area contributed by atoms with Crippen molar-refractivity contribution in [1.82, 2.24) is 5.32 Å². The normalized spacial score (nSPS) is 20.4. The molecule has 1 aromatic heterocycles. The first kappa shape index (κ1) is 13.9. The largest absolute Gasteiger partial charge is 0.445 e. The summed E-state index contributed by atoms with van der Waals surface area (Å²) < 4.78 is 5.21. The number of rotatable bonds is 5. The maximum Gasteiger partial charge on any atom is 0.407 e. The Morgan fingerprint density at radius 1 is 1.19 bits per heavy atom. The minimum Gasteiger partial charge on any atom is -0.445 e. The van der Waals surface area contributed by atoms with Crippen LogP contribution in [0.2, 0.25) is 0 Å². The summed E-state index contributed by atoms with van der Waals surface area (Å²) in [6.45, 7) is 0.315. The Morgan fingerprint density at radius 3 is 2.71 bits per heavy atom. The molecule has 1 aliphatic rings. The molecule has 5 heteroatoms. The molecule has 0 unspecified atom stereocenters. The Labute approximate surface area is 128 Å². The predicted octanol–water partition coefficient (Wildman–Crippen LogP) is 3.62. The minimum absolute atomic E-state index is 0.212. The van der Waals surface area contributed by atoms with Crippen LogP contribution in [-0.2, 0) is 11.3 Å². The molecule has 4 nitrogen and oxygen atoms in total. The molecule has 0 aliphatic heterocycles. The third-order valence-electron chi connectivity index (χ3n) is 3.56. The van der Waals surface area contributed by atoms with E-state index >= 15 is 0 Å². The minimum atomic E-state index is -0.335. The molecular weight excluding hydrogens is 284 g/mol. The monoisotopic (exact) mass is 302 g/mol. The molecule has 21 heavy (non-hydrogen) atoms. The van der Waals surface area contributed by atoms with E-state index in [4.69, 9.17) is 4.74 Å². The average molecular weight is 302 g/mol. The number of hydrogen-bond acceptors (Lipinski definition) is 4. The summed E-state index contributed by atoms with van der Waals surface area (Å²) in [4.78, 5) is 11.7. The Bertz CT molecular complexity index is 565. The number of alkyl carbamates (subject to hydrolysis) is 1. The van der Waals surface area contributed by atoms with Crippen LogP contribution in [0.3, 0.4) is 0 Å². The van der Waals surface area contributed by atoms with Gasteiger partial charge in [-0.1, -0.05) is 30.3 Å². The predicted molar refractivity (Wildman–Crippen MR) is 84.5 cm³/mol. The molecule has 0 saturated heterocycles. The highest BCUT2D eigenvalue weighted by atomic mass is 32.1. The molecule has 1 saturated carbocycles. The van der Waals surface area contributed by atoms with E-state index in [2.05, 4.69) is 27.5 Å². The highest BCUT2D eigenvalue weighted by Crippen LogP contribution is 2.25. The lowest BCUT2D eigenvalue weighted by Gasteiger charge is -2.36. The van der Waals surface area contributed by atoms with Gasteiger partial charge >= 0.3 is 6.09 Å². The number of amides is 1. The summed E-state index contributed by atoms with van der Waals surface area (Å²) in [5, 5.41) is 10.5. The highest BCUT2D eigenvalue weighted by molar-refractivity contribution is 7.08. The molecule has 2 N–H and O–H groups in total. The quantitative estimate of drug-likeness (QED) is 0.887. The van der Waals surface area contributed by atoms with Crippen molar-refractivity contribution in [3.8, 4) is 0 Å². The van der Waals surface area contributed by atoms with Gasteiger partial charge in [0.25, 0.3) is 0 Å². The van der Waals surface area contributed by atoms with E-state index in [0.717, 1.165) is 24.1 Å². The van der Waals surface area contributed by atoms with Crippen molar-refractivity contribution in [2.75, 3.05) is 5.32 Å². The number of carbonyl (C=O) groups excluding carboxylic acids is 1. The van der Waals surface area contributed by atoms with Crippen LogP contribution in [0.1, 0.15) is 18.4 Å². The second-order valence-electron chi connectivity index (χ2n) is 5.23. The number of carbonyl (C=O) groups is 1. The van der Waals surface area contributed by atoms with Crippen LogP contribution < -0.4 is 10.6 Å². The fourth-order valence-corrected chi connectivity index (χ4v) is 2.96. The molecule has 1 amide bonds. The van der Waals surface area contributed by atoms with Gasteiger partial charge in [0.05, 0.1) is 0 Å². The van der Waals surface area contributed by atoms with Gasteiger partial charge in [0.2, 0.25) is 0 Å². The molecule has 2 aromatic rings. The third kappa shape index (κ3) is 3.98. The zero-order valence-electron chi connectivity index (χ0n) is 11.6. The second kappa shape index (κ2) is 6.63. The SMILES string of the molecule is O=C(NC1CC(Nc2ccsc2)C1)OCc1ccccc1. The van der Waals surface area contributed by atoms with E-state index in [-0.39, 0.29) is 12.1 Å². The molecule has 1 aromatic carbocycles. The van der Waals surface area contributed by atoms with Gasteiger partial charge in [0.15, 0.2) is 0 Å². The first-order chi connectivity index (χ1) is 10.3. The summed E-state index contributed by atoms with van der Waals surface area (Å²) in [6.07, 6.45) is 1.55. The van der Waals surface area contributed by atoms with Crippen molar-refractivity contribution >= 4 is 23.1 Å². The first-order valence-electron chi connectivity index (χ1n) is 7.05. The van der Waals surface area contributed by atoms with Crippen molar-refractivity contribution in [2.24, 2.45) is 0 Å². The van der Waals surface area contributed by atoms with Crippen molar-refractivity contribution in [3.63, 3.8) is 0 Å². The lowest BCUT2D eigenvalue weighted by atomic mass is 9.87. The van der Waals surface area contributed by atoms with Crippen LogP contribution in [0.15, 0.2) is 47.2 Å². The number of ether oxygens (including phenoxy) is 1. The molecule has 0 spiro atoms. The molecule has 3 rings (SSSR count). The Balaban J connectivity index is 1.34. The number of nitrogens with one attached hydrogen (secondary N) is 2. The van der Waals surface area contributed by atoms with Gasteiger partial charge in [-0.15, -0.1) is 0 Å². The van der Waals surface area contributed by atoms with Gasteiger partial charge in [0.1, 0.15) is 6.61 Å². The Morgan fingerprint density at radius 2 is 2.00 bits per heavy atom. The Kier molecular flexibility index (Phi) is 4.40. The summed E-state index contributed by atoms with van der Waals surface area (Å²) >= 11 is 1.68. The van der Waals surface area contributed by atoms with Gasteiger partial charge in [-0.2, -0.15) is 11.3 Å². The van der Waals surface area contributed by atoms with E-state index in [0.29, 0.717) is 12.6 Å². The fourth-order valence-electron chi connectivity index (χ4n) is 2.37.